The molecule has 2 fully saturated rings. The lowest BCUT2D eigenvalue weighted by Gasteiger charge is -2.27. The lowest BCUT2D eigenvalue weighted by molar-refractivity contribution is -0.274. The van der Waals surface area contributed by atoms with E-state index in [4.69, 9.17) is 23.2 Å². The number of amides is 1. The number of hydrogen-bond acceptors (Lipinski definition) is 3. The maximum Gasteiger partial charge on any atom is 0.573 e. The first kappa shape index (κ1) is 19.4. The first-order chi connectivity index (χ1) is 13.0. The van der Waals surface area contributed by atoms with Crippen molar-refractivity contribution in [2.75, 3.05) is 4.90 Å². The summed E-state index contributed by atoms with van der Waals surface area (Å²) in [7, 11) is 0. The number of carbonyl (C=O) groups is 1. The molecule has 0 radical (unpaired) electrons. The van der Waals surface area contributed by atoms with E-state index in [2.05, 4.69) is 4.74 Å². The van der Waals surface area contributed by atoms with E-state index in [0.29, 0.717) is 21.3 Å². The molecule has 1 unspecified atom stereocenters. The molecule has 4 rings (SSSR count). The van der Waals surface area contributed by atoms with Crippen LogP contribution in [0.4, 0.5) is 18.9 Å². The minimum atomic E-state index is -4.77. The third-order valence-corrected chi connectivity index (χ3v) is 5.89. The van der Waals surface area contributed by atoms with Crippen molar-refractivity contribution in [2.45, 2.75) is 25.4 Å². The second kappa shape index (κ2) is 6.27. The van der Waals surface area contributed by atoms with Crippen LogP contribution in [-0.2, 0) is 4.79 Å². The van der Waals surface area contributed by atoms with Gasteiger partial charge in [-0.2, -0.15) is 0 Å². The number of rotatable bonds is 3. The minimum Gasteiger partial charge on any atom is -0.406 e. The van der Waals surface area contributed by atoms with Gasteiger partial charge in [-0.3, -0.25) is 9.69 Å². The van der Waals surface area contributed by atoms with Gasteiger partial charge in [-0.05, 0) is 42.8 Å². The molecule has 1 saturated carbocycles. The Labute approximate surface area is 168 Å². The molecule has 1 saturated heterocycles. The number of aliphatic hydroxyl groups is 1. The number of carbonyl (C=O) groups excluding carboxylic acids is 1. The smallest absolute Gasteiger partial charge is 0.406 e. The number of piperidine rings is 1. The van der Waals surface area contributed by atoms with Gasteiger partial charge in [-0.15, -0.1) is 13.2 Å². The van der Waals surface area contributed by atoms with Crippen molar-refractivity contribution in [3.8, 4) is 5.75 Å². The fraction of sp³-hybridized carbons (Fsp3) is 0.316. The van der Waals surface area contributed by atoms with Gasteiger partial charge < -0.3 is 9.84 Å². The van der Waals surface area contributed by atoms with Gasteiger partial charge >= 0.3 is 6.36 Å². The Hall–Kier alpha value is -1.96. The monoisotopic (exact) mass is 431 g/mol. The van der Waals surface area contributed by atoms with Gasteiger partial charge in [0.2, 0.25) is 5.91 Å². The minimum absolute atomic E-state index is 0.288. The first-order valence-electron chi connectivity index (χ1n) is 8.36. The molecule has 0 aromatic heterocycles. The summed E-state index contributed by atoms with van der Waals surface area (Å²) < 4.78 is 40.8. The van der Waals surface area contributed by atoms with Crippen molar-refractivity contribution >= 4 is 34.8 Å². The molecule has 2 aliphatic rings. The van der Waals surface area contributed by atoms with Gasteiger partial charge in [-0.25, -0.2) is 0 Å². The summed E-state index contributed by atoms with van der Waals surface area (Å²) in [6, 6.07) is 9.97. The number of alkyl halides is 3. The number of hydrogen-bond donors (Lipinski definition) is 1. The van der Waals surface area contributed by atoms with Gasteiger partial charge in [0.25, 0.3) is 0 Å². The van der Waals surface area contributed by atoms with Crippen LogP contribution < -0.4 is 9.64 Å². The molecule has 2 aromatic carbocycles. The largest absolute Gasteiger partial charge is 0.573 e. The number of halogens is 5. The summed E-state index contributed by atoms with van der Waals surface area (Å²) >= 11 is 12.0. The highest BCUT2D eigenvalue weighted by Gasteiger charge is 2.76. The summed E-state index contributed by atoms with van der Waals surface area (Å²) in [6.45, 7) is 1.74. The topological polar surface area (TPSA) is 49.8 Å². The molecule has 4 nitrogen and oxygen atoms in total. The Morgan fingerprint density at radius 2 is 1.68 bits per heavy atom. The predicted molar refractivity (Wildman–Crippen MR) is 97.4 cm³/mol. The predicted octanol–water partition coefficient (Wildman–Crippen LogP) is 4.98. The molecule has 1 aliphatic carbocycles. The molecule has 9 heteroatoms. The maximum absolute atomic E-state index is 13.0. The second-order valence-corrected chi connectivity index (χ2v) is 7.99. The fourth-order valence-electron chi connectivity index (χ4n) is 4.22. The van der Waals surface area contributed by atoms with Gasteiger partial charge in [-0.1, -0.05) is 35.3 Å². The summed E-state index contributed by atoms with van der Waals surface area (Å²) in [6.07, 6.45) is -5.86. The summed E-state index contributed by atoms with van der Waals surface area (Å²) in [5.74, 6) is -1.33. The highest BCUT2D eigenvalue weighted by Crippen LogP contribution is 2.71. The van der Waals surface area contributed by atoms with E-state index < -0.39 is 23.9 Å². The number of benzene rings is 2. The lowest BCUT2D eigenvalue weighted by atomic mass is 9.99. The molecule has 0 spiro atoms. The zero-order chi connectivity index (χ0) is 20.4. The SMILES string of the molecule is C[C@]12C(=O)N(c3cc(Cl)cc(Cl)c3)C(O)[C@H]1[C@H]2c1ccc(OC(F)(F)F)cc1. The van der Waals surface area contributed by atoms with E-state index in [1.807, 2.05) is 0 Å². The molecule has 1 heterocycles. The van der Waals surface area contributed by atoms with E-state index in [1.54, 1.807) is 19.1 Å². The summed E-state index contributed by atoms with van der Waals surface area (Å²) in [5.41, 5.74) is 0.204. The average Bonchev–Trinajstić information content (AvgIpc) is 3.14. The van der Waals surface area contributed by atoms with Crippen LogP contribution in [0, 0.1) is 11.3 Å². The Bertz CT molecular complexity index is 930. The van der Waals surface area contributed by atoms with Crippen LogP contribution in [0.2, 0.25) is 10.0 Å². The Kier molecular flexibility index (Phi) is 4.34. The van der Waals surface area contributed by atoms with E-state index in [-0.39, 0.29) is 17.6 Å². The zero-order valence-corrected chi connectivity index (χ0v) is 15.9. The normalized spacial score (nSPS) is 29.0. The van der Waals surface area contributed by atoms with E-state index in [0.717, 1.165) is 0 Å². The first-order valence-corrected chi connectivity index (χ1v) is 9.11. The second-order valence-electron chi connectivity index (χ2n) is 7.12. The summed E-state index contributed by atoms with van der Waals surface area (Å²) in [4.78, 5) is 14.3. The third-order valence-electron chi connectivity index (χ3n) is 5.45. The molecule has 1 amide bonds. The Morgan fingerprint density at radius 3 is 2.14 bits per heavy atom. The van der Waals surface area contributed by atoms with Crippen molar-refractivity contribution in [1.29, 1.82) is 0 Å². The Morgan fingerprint density at radius 1 is 1.11 bits per heavy atom. The highest BCUT2D eigenvalue weighted by atomic mass is 35.5. The van der Waals surface area contributed by atoms with E-state index >= 15 is 0 Å². The standard InChI is InChI=1S/C19H14Cl2F3NO3/c1-18-14(9-2-4-13(5-3-9)28-19(22,23)24)15(18)16(26)25(17(18)27)12-7-10(20)6-11(21)8-12/h2-8,14-16,26H,1H3/t14-,15-,16?,18-/m1/s1. The fourth-order valence-corrected chi connectivity index (χ4v) is 4.74. The number of nitrogens with zero attached hydrogens (tertiary/aromatic N) is 1. The number of aliphatic hydroxyl groups excluding tert-OH is 1. The molecule has 2 aromatic rings. The van der Waals surface area contributed by atoms with Gasteiger partial charge in [0.05, 0.1) is 5.41 Å². The van der Waals surface area contributed by atoms with E-state index in [9.17, 15) is 23.1 Å². The van der Waals surface area contributed by atoms with Crippen molar-refractivity contribution in [2.24, 2.45) is 11.3 Å². The molecule has 28 heavy (non-hydrogen) atoms. The molecule has 1 aliphatic heterocycles. The molecule has 1 N–H and O–H groups in total. The van der Waals surface area contributed by atoms with Crippen LogP contribution in [0.15, 0.2) is 42.5 Å². The zero-order valence-electron chi connectivity index (χ0n) is 14.4. The average molecular weight is 432 g/mol. The number of ether oxygens (including phenoxy) is 1. The maximum atomic E-state index is 13.0. The molecule has 0 bridgehead atoms. The third kappa shape index (κ3) is 3.02. The number of anilines is 1. The van der Waals surface area contributed by atoms with Crippen molar-refractivity contribution in [3.63, 3.8) is 0 Å². The van der Waals surface area contributed by atoms with Crippen LogP contribution in [0.1, 0.15) is 18.4 Å². The molecule has 4 atom stereocenters. The van der Waals surface area contributed by atoms with Crippen LogP contribution >= 0.6 is 23.2 Å². The van der Waals surface area contributed by atoms with E-state index in [1.165, 1.54) is 35.2 Å². The molecular formula is C19H14Cl2F3NO3. The molecular weight excluding hydrogens is 418 g/mol. The molecule has 148 valence electrons. The summed E-state index contributed by atoms with van der Waals surface area (Å²) in [5, 5.41) is 11.4. The number of fused-ring (bicyclic) bond motifs is 1. The van der Waals surface area contributed by atoms with Gasteiger partial charge in [0.15, 0.2) is 0 Å². The Balaban J connectivity index is 1.58. The van der Waals surface area contributed by atoms with Crippen LogP contribution in [-0.4, -0.2) is 23.6 Å². The van der Waals surface area contributed by atoms with Crippen molar-refractivity contribution in [3.05, 3.63) is 58.1 Å². The van der Waals surface area contributed by atoms with Gasteiger partial charge in [0, 0.05) is 27.6 Å². The van der Waals surface area contributed by atoms with Crippen LogP contribution in [0.3, 0.4) is 0 Å². The van der Waals surface area contributed by atoms with Crippen LogP contribution in [0.25, 0.3) is 0 Å². The highest BCUT2D eigenvalue weighted by molar-refractivity contribution is 6.35. The lowest BCUT2D eigenvalue weighted by Crippen LogP contribution is -2.39. The quantitative estimate of drug-likeness (QED) is 0.745. The van der Waals surface area contributed by atoms with Crippen LogP contribution in [0.5, 0.6) is 5.75 Å². The van der Waals surface area contributed by atoms with Crippen molar-refractivity contribution in [1.82, 2.24) is 0 Å². The van der Waals surface area contributed by atoms with Crippen molar-refractivity contribution < 1.29 is 27.8 Å². The van der Waals surface area contributed by atoms with Gasteiger partial charge in [0.1, 0.15) is 12.0 Å².